The quantitative estimate of drug-likeness (QED) is 0.653. The maximum absolute atomic E-state index is 12.2. The molecular formula is C16H19N7O2. The molecule has 0 fully saturated rings. The van der Waals surface area contributed by atoms with E-state index in [2.05, 4.69) is 25.8 Å². The Morgan fingerprint density at radius 2 is 2.28 bits per heavy atom. The molecule has 1 amide bonds. The lowest BCUT2D eigenvalue weighted by Gasteiger charge is -2.09. The number of nitrogens with zero attached hydrogens (tertiary/aromatic N) is 6. The first-order valence-corrected chi connectivity index (χ1v) is 7.98. The lowest BCUT2D eigenvalue weighted by atomic mass is 10.2. The van der Waals surface area contributed by atoms with Gasteiger partial charge in [0.05, 0.1) is 6.33 Å². The molecule has 2 heterocycles. The van der Waals surface area contributed by atoms with Crippen molar-refractivity contribution in [2.45, 2.75) is 26.6 Å². The van der Waals surface area contributed by atoms with E-state index >= 15 is 0 Å². The Labute approximate surface area is 144 Å². The molecule has 0 spiro atoms. The molecule has 0 saturated heterocycles. The number of benzene rings is 1. The van der Waals surface area contributed by atoms with E-state index in [1.807, 2.05) is 17.7 Å². The van der Waals surface area contributed by atoms with Gasteiger partial charge < -0.3 is 14.6 Å². The van der Waals surface area contributed by atoms with Gasteiger partial charge in [0.2, 0.25) is 0 Å². The Bertz CT molecular complexity index is 814. The van der Waals surface area contributed by atoms with E-state index in [0.29, 0.717) is 36.8 Å². The number of ether oxygens (including phenoxy) is 1. The molecule has 3 aromatic rings. The second-order valence-corrected chi connectivity index (χ2v) is 5.28. The van der Waals surface area contributed by atoms with Crippen LogP contribution in [0, 0.1) is 0 Å². The average Bonchev–Trinajstić information content (AvgIpc) is 3.31. The van der Waals surface area contributed by atoms with Crippen LogP contribution in [0.2, 0.25) is 0 Å². The van der Waals surface area contributed by atoms with Gasteiger partial charge in [-0.15, -0.1) is 5.10 Å². The smallest absolute Gasteiger partial charge is 0.251 e. The molecule has 9 heteroatoms. The Morgan fingerprint density at radius 3 is 3.08 bits per heavy atom. The molecule has 0 atom stereocenters. The van der Waals surface area contributed by atoms with Crippen LogP contribution in [-0.4, -0.2) is 42.2 Å². The highest BCUT2D eigenvalue weighted by atomic mass is 16.5. The van der Waals surface area contributed by atoms with Crippen molar-refractivity contribution in [3.05, 3.63) is 54.4 Å². The minimum Gasteiger partial charge on any atom is -0.486 e. The number of amides is 1. The van der Waals surface area contributed by atoms with Crippen LogP contribution in [0.4, 0.5) is 0 Å². The van der Waals surface area contributed by atoms with Gasteiger partial charge in [0, 0.05) is 37.6 Å². The third-order valence-corrected chi connectivity index (χ3v) is 3.58. The summed E-state index contributed by atoms with van der Waals surface area (Å²) < 4.78 is 9.25. The minimum atomic E-state index is -0.149. The zero-order valence-electron chi connectivity index (χ0n) is 13.9. The number of hydrogen-bond acceptors (Lipinski definition) is 6. The number of rotatable bonds is 8. The third-order valence-electron chi connectivity index (χ3n) is 3.58. The Kier molecular flexibility index (Phi) is 5.35. The van der Waals surface area contributed by atoms with E-state index in [4.69, 9.17) is 4.74 Å². The number of hydrogen-bond donors (Lipinski definition) is 1. The average molecular weight is 341 g/mol. The van der Waals surface area contributed by atoms with Crippen molar-refractivity contribution in [1.29, 1.82) is 0 Å². The Morgan fingerprint density at radius 1 is 1.36 bits per heavy atom. The monoisotopic (exact) mass is 341 g/mol. The summed E-state index contributed by atoms with van der Waals surface area (Å²) in [5.41, 5.74) is 0.540. The lowest BCUT2D eigenvalue weighted by molar-refractivity contribution is 0.0952. The minimum absolute atomic E-state index is 0.149. The summed E-state index contributed by atoms with van der Waals surface area (Å²) in [5, 5.41) is 14.3. The highest BCUT2D eigenvalue weighted by Crippen LogP contribution is 2.14. The molecule has 0 aliphatic carbocycles. The summed E-state index contributed by atoms with van der Waals surface area (Å²) in [6.07, 6.45) is 5.27. The van der Waals surface area contributed by atoms with E-state index < -0.39 is 0 Å². The van der Waals surface area contributed by atoms with Gasteiger partial charge in [-0.25, -0.2) is 9.67 Å². The number of nitrogens with one attached hydrogen (secondary N) is 1. The van der Waals surface area contributed by atoms with Gasteiger partial charge in [-0.05, 0) is 35.5 Å². The van der Waals surface area contributed by atoms with Gasteiger partial charge in [0.1, 0.15) is 12.4 Å². The van der Waals surface area contributed by atoms with Gasteiger partial charge in [-0.3, -0.25) is 4.79 Å². The SMILES string of the molecule is CCn1nnnc1COc1cccc(C(=O)NCCn2ccnc2)c1. The van der Waals surface area contributed by atoms with Gasteiger partial charge in [-0.1, -0.05) is 6.07 Å². The largest absolute Gasteiger partial charge is 0.486 e. The number of carbonyl (C=O) groups excluding carboxylic acids is 1. The maximum Gasteiger partial charge on any atom is 0.251 e. The summed E-state index contributed by atoms with van der Waals surface area (Å²) >= 11 is 0. The molecule has 0 saturated carbocycles. The van der Waals surface area contributed by atoms with Crippen LogP contribution >= 0.6 is 0 Å². The first-order chi connectivity index (χ1) is 12.3. The number of aromatic nitrogens is 6. The maximum atomic E-state index is 12.2. The van der Waals surface area contributed by atoms with E-state index in [0.717, 1.165) is 0 Å². The first-order valence-electron chi connectivity index (χ1n) is 7.98. The molecule has 0 radical (unpaired) electrons. The normalized spacial score (nSPS) is 10.6. The van der Waals surface area contributed by atoms with E-state index in [1.54, 1.807) is 41.5 Å². The summed E-state index contributed by atoms with van der Waals surface area (Å²) in [7, 11) is 0. The molecule has 9 nitrogen and oxygen atoms in total. The van der Waals surface area contributed by atoms with Crippen LogP contribution in [0.25, 0.3) is 0 Å². The first kappa shape index (κ1) is 16.6. The molecule has 0 aliphatic heterocycles. The van der Waals surface area contributed by atoms with Crippen LogP contribution in [-0.2, 0) is 19.7 Å². The molecule has 3 rings (SSSR count). The van der Waals surface area contributed by atoms with Crippen LogP contribution in [0.3, 0.4) is 0 Å². The molecule has 1 N–H and O–H groups in total. The number of aryl methyl sites for hydroxylation is 1. The predicted octanol–water partition coefficient (Wildman–Crippen LogP) is 0.898. The second kappa shape index (κ2) is 8.04. The van der Waals surface area contributed by atoms with Crippen molar-refractivity contribution in [2.75, 3.05) is 6.54 Å². The second-order valence-electron chi connectivity index (χ2n) is 5.28. The molecule has 25 heavy (non-hydrogen) atoms. The molecular weight excluding hydrogens is 322 g/mol. The summed E-state index contributed by atoms with van der Waals surface area (Å²) in [5.74, 6) is 1.08. The summed E-state index contributed by atoms with van der Waals surface area (Å²) in [6.45, 7) is 4.05. The standard InChI is InChI=1S/C16H19N7O2/c1-2-23-15(19-20-21-23)11-25-14-5-3-4-13(10-14)16(24)18-7-9-22-8-6-17-12-22/h3-6,8,10,12H,2,7,9,11H2,1H3,(H,18,24). The number of imidazole rings is 1. The molecule has 0 aliphatic rings. The van der Waals surface area contributed by atoms with Crippen LogP contribution in [0.15, 0.2) is 43.0 Å². The topological polar surface area (TPSA) is 99.8 Å². The fourth-order valence-electron chi connectivity index (χ4n) is 2.27. The zero-order valence-corrected chi connectivity index (χ0v) is 13.9. The van der Waals surface area contributed by atoms with Crippen LogP contribution < -0.4 is 10.1 Å². The van der Waals surface area contributed by atoms with Crippen molar-refractivity contribution in [3.63, 3.8) is 0 Å². The molecule has 130 valence electrons. The van der Waals surface area contributed by atoms with Gasteiger partial charge in [0.15, 0.2) is 5.82 Å². The highest BCUT2D eigenvalue weighted by Gasteiger charge is 2.08. The predicted molar refractivity (Wildman–Crippen MR) is 88.8 cm³/mol. The number of carbonyl (C=O) groups is 1. The van der Waals surface area contributed by atoms with Gasteiger partial charge in [0.25, 0.3) is 5.91 Å². The van der Waals surface area contributed by atoms with E-state index in [9.17, 15) is 4.79 Å². The van der Waals surface area contributed by atoms with Crippen molar-refractivity contribution in [2.24, 2.45) is 0 Å². The van der Waals surface area contributed by atoms with Crippen molar-refractivity contribution in [3.8, 4) is 5.75 Å². The summed E-state index contributed by atoms with van der Waals surface area (Å²) in [6, 6.07) is 7.02. The zero-order chi connectivity index (χ0) is 17.5. The third kappa shape index (κ3) is 4.40. The fourth-order valence-corrected chi connectivity index (χ4v) is 2.27. The molecule has 2 aromatic heterocycles. The van der Waals surface area contributed by atoms with Gasteiger partial charge >= 0.3 is 0 Å². The highest BCUT2D eigenvalue weighted by molar-refractivity contribution is 5.94. The Balaban J connectivity index is 1.54. The van der Waals surface area contributed by atoms with E-state index in [1.165, 1.54) is 0 Å². The molecule has 1 aromatic carbocycles. The Hall–Kier alpha value is -3.23. The van der Waals surface area contributed by atoms with Crippen LogP contribution in [0.5, 0.6) is 5.75 Å². The summed E-state index contributed by atoms with van der Waals surface area (Å²) in [4.78, 5) is 16.2. The van der Waals surface area contributed by atoms with Gasteiger partial charge in [-0.2, -0.15) is 0 Å². The van der Waals surface area contributed by atoms with Crippen molar-refractivity contribution >= 4 is 5.91 Å². The van der Waals surface area contributed by atoms with E-state index in [-0.39, 0.29) is 12.5 Å². The lowest BCUT2D eigenvalue weighted by Crippen LogP contribution is -2.26. The van der Waals surface area contributed by atoms with Crippen molar-refractivity contribution in [1.82, 2.24) is 35.1 Å². The fraction of sp³-hybridized carbons (Fsp3) is 0.312. The van der Waals surface area contributed by atoms with Crippen molar-refractivity contribution < 1.29 is 9.53 Å². The molecule has 0 unspecified atom stereocenters. The molecule has 0 bridgehead atoms. The van der Waals surface area contributed by atoms with Crippen LogP contribution in [0.1, 0.15) is 23.1 Å². The number of tetrazole rings is 1.